The number of nitrogens with zero attached hydrogens (tertiary/aromatic N) is 4. The molecule has 4 aromatic rings. The number of aromatic nitrogens is 3. The van der Waals surface area contributed by atoms with Crippen molar-refractivity contribution < 1.29 is 14.3 Å². The molecule has 9 heteroatoms. The Morgan fingerprint density at radius 2 is 2.03 bits per heavy atom. The summed E-state index contributed by atoms with van der Waals surface area (Å²) in [7, 11) is 1.66. The van der Waals surface area contributed by atoms with Crippen LogP contribution >= 0.6 is 11.3 Å². The Morgan fingerprint density at radius 1 is 1.20 bits per heavy atom. The third kappa shape index (κ3) is 5.09. The number of para-hydroxylation sites is 1. The van der Waals surface area contributed by atoms with E-state index in [1.165, 1.54) is 0 Å². The van der Waals surface area contributed by atoms with Crippen LogP contribution < -0.4 is 19.7 Å². The van der Waals surface area contributed by atoms with E-state index in [0.717, 1.165) is 57.8 Å². The number of rotatable bonds is 8. The SMILES string of the molecule is CCOc1ccccc1CNC(=O)[C@H]1CCCN(c2nn3cc(-c4ccc(OC)cc4)nc3s2)C1. The lowest BCUT2D eigenvalue weighted by Crippen LogP contribution is -2.43. The molecule has 0 unspecified atom stereocenters. The van der Waals surface area contributed by atoms with E-state index >= 15 is 0 Å². The molecule has 0 radical (unpaired) electrons. The average Bonchev–Trinajstić information content (AvgIpc) is 3.48. The van der Waals surface area contributed by atoms with Gasteiger partial charge in [0.15, 0.2) is 0 Å². The highest BCUT2D eigenvalue weighted by atomic mass is 32.1. The molecule has 1 saturated heterocycles. The van der Waals surface area contributed by atoms with Crippen LogP contribution in [0.25, 0.3) is 16.2 Å². The minimum atomic E-state index is -0.0749. The maximum atomic E-state index is 13.0. The molecular weight excluding hydrogens is 462 g/mol. The van der Waals surface area contributed by atoms with Gasteiger partial charge in [0.2, 0.25) is 16.0 Å². The highest BCUT2D eigenvalue weighted by Gasteiger charge is 2.28. The van der Waals surface area contributed by atoms with Crippen LogP contribution in [0.3, 0.4) is 0 Å². The van der Waals surface area contributed by atoms with Crippen LogP contribution in [0.15, 0.2) is 54.7 Å². The first-order valence-electron chi connectivity index (χ1n) is 11.9. The number of anilines is 1. The number of methoxy groups -OCH3 is 1. The van der Waals surface area contributed by atoms with Gasteiger partial charge in [-0.2, -0.15) is 0 Å². The van der Waals surface area contributed by atoms with Gasteiger partial charge in [-0.1, -0.05) is 29.5 Å². The fourth-order valence-corrected chi connectivity index (χ4v) is 5.27. The standard InChI is InChI=1S/C26H29N5O3S/c1-3-34-23-9-5-4-7-19(23)15-27-24(32)20-8-6-14-30(16-20)26-29-31-17-22(28-25(31)35-26)18-10-12-21(33-2)13-11-18/h4-5,7,9-13,17,20H,3,6,8,14-16H2,1-2H3,(H,27,32)/t20-/m0/s1. The van der Waals surface area contributed by atoms with Crippen molar-refractivity contribution in [1.29, 1.82) is 0 Å². The topological polar surface area (TPSA) is 81.0 Å². The lowest BCUT2D eigenvalue weighted by molar-refractivity contribution is -0.125. The lowest BCUT2D eigenvalue weighted by atomic mass is 9.97. The Balaban J connectivity index is 1.23. The van der Waals surface area contributed by atoms with Gasteiger partial charge in [-0.05, 0) is 50.1 Å². The largest absolute Gasteiger partial charge is 0.497 e. The maximum absolute atomic E-state index is 13.0. The molecule has 8 nitrogen and oxygen atoms in total. The molecule has 0 aliphatic carbocycles. The zero-order chi connectivity index (χ0) is 24.2. The van der Waals surface area contributed by atoms with Crippen molar-refractivity contribution in [3.63, 3.8) is 0 Å². The van der Waals surface area contributed by atoms with Crippen LogP contribution in [-0.2, 0) is 11.3 Å². The summed E-state index contributed by atoms with van der Waals surface area (Å²) < 4.78 is 12.7. The minimum absolute atomic E-state index is 0.0733. The molecule has 1 atom stereocenters. The molecule has 35 heavy (non-hydrogen) atoms. The summed E-state index contributed by atoms with van der Waals surface area (Å²) in [6.07, 6.45) is 3.77. The Morgan fingerprint density at radius 3 is 2.80 bits per heavy atom. The predicted molar refractivity (Wildman–Crippen MR) is 137 cm³/mol. The highest BCUT2D eigenvalue weighted by molar-refractivity contribution is 7.20. The molecular formula is C26H29N5O3S. The van der Waals surface area contributed by atoms with E-state index in [9.17, 15) is 4.79 Å². The third-order valence-corrected chi connectivity index (χ3v) is 7.19. The summed E-state index contributed by atoms with van der Waals surface area (Å²) in [5.74, 6) is 1.64. The van der Waals surface area contributed by atoms with Crippen molar-refractivity contribution in [3.8, 4) is 22.8 Å². The zero-order valence-electron chi connectivity index (χ0n) is 19.9. The van der Waals surface area contributed by atoms with Crippen LogP contribution in [0.5, 0.6) is 11.5 Å². The maximum Gasteiger partial charge on any atom is 0.225 e. The molecule has 5 rings (SSSR count). The normalized spacial score (nSPS) is 15.8. The fraction of sp³-hybridized carbons (Fsp3) is 0.346. The van der Waals surface area contributed by atoms with Gasteiger partial charge in [0.05, 0.1) is 31.5 Å². The first-order chi connectivity index (χ1) is 17.1. The van der Waals surface area contributed by atoms with E-state index in [-0.39, 0.29) is 11.8 Å². The summed E-state index contributed by atoms with van der Waals surface area (Å²) in [5.41, 5.74) is 2.89. The summed E-state index contributed by atoms with van der Waals surface area (Å²) in [6.45, 7) is 4.56. The summed E-state index contributed by atoms with van der Waals surface area (Å²) in [4.78, 5) is 20.8. The number of hydrogen-bond acceptors (Lipinski definition) is 7. The van der Waals surface area contributed by atoms with E-state index in [2.05, 4.69) is 10.2 Å². The highest BCUT2D eigenvalue weighted by Crippen LogP contribution is 2.30. The molecule has 1 aliphatic heterocycles. The number of hydrogen-bond donors (Lipinski definition) is 1. The quantitative estimate of drug-likeness (QED) is 0.394. The first kappa shape index (κ1) is 23.2. The van der Waals surface area contributed by atoms with Gasteiger partial charge in [0.25, 0.3) is 0 Å². The number of imidazole rings is 1. The molecule has 0 bridgehead atoms. The van der Waals surface area contributed by atoms with E-state index in [1.54, 1.807) is 18.4 Å². The second-order valence-electron chi connectivity index (χ2n) is 8.51. The van der Waals surface area contributed by atoms with Crippen LogP contribution in [0, 0.1) is 5.92 Å². The molecule has 1 N–H and O–H groups in total. The molecule has 1 aliphatic rings. The fourth-order valence-electron chi connectivity index (χ4n) is 4.36. The number of carbonyl (C=O) groups excluding carboxylic acids is 1. The van der Waals surface area contributed by atoms with Crippen LogP contribution in [0.1, 0.15) is 25.3 Å². The smallest absolute Gasteiger partial charge is 0.225 e. The van der Waals surface area contributed by atoms with Gasteiger partial charge in [-0.25, -0.2) is 9.50 Å². The van der Waals surface area contributed by atoms with Gasteiger partial charge in [-0.3, -0.25) is 4.79 Å². The Labute approximate surface area is 208 Å². The minimum Gasteiger partial charge on any atom is -0.497 e. The first-order valence-corrected chi connectivity index (χ1v) is 12.7. The lowest BCUT2D eigenvalue weighted by Gasteiger charge is -2.31. The summed E-state index contributed by atoms with van der Waals surface area (Å²) in [6, 6.07) is 15.7. The van der Waals surface area contributed by atoms with Crippen molar-refractivity contribution in [2.24, 2.45) is 5.92 Å². The molecule has 0 spiro atoms. The number of amides is 1. The predicted octanol–water partition coefficient (Wildman–Crippen LogP) is 4.40. The average molecular weight is 492 g/mol. The number of nitrogens with one attached hydrogen (secondary N) is 1. The van der Waals surface area contributed by atoms with Crippen LogP contribution in [0.4, 0.5) is 5.13 Å². The number of piperidine rings is 1. The summed E-state index contributed by atoms with van der Waals surface area (Å²) >= 11 is 1.55. The van der Waals surface area contributed by atoms with Crippen molar-refractivity contribution in [2.75, 3.05) is 31.7 Å². The van der Waals surface area contributed by atoms with Gasteiger partial charge < -0.3 is 19.7 Å². The van der Waals surface area contributed by atoms with E-state index in [1.807, 2.05) is 66.2 Å². The Bertz CT molecular complexity index is 1270. The van der Waals surface area contributed by atoms with Crippen molar-refractivity contribution in [3.05, 3.63) is 60.3 Å². The van der Waals surface area contributed by atoms with Gasteiger partial charge in [0, 0.05) is 30.8 Å². The van der Waals surface area contributed by atoms with Crippen molar-refractivity contribution >= 4 is 27.3 Å². The number of ether oxygens (including phenoxy) is 2. The van der Waals surface area contributed by atoms with Crippen molar-refractivity contribution in [1.82, 2.24) is 19.9 Å². The molecule has 3 heterocycles. The molecule has 2 aromatic carbocycles. The van der Waals surface area contributed by atoms with E-state index in [4.69, 9.17) is 19.6 Å². The number of fused-ring (bicyclic) bond motifs is 1. The van der Waals surface area contributed by atoms with Gasteiger partial charge >= 0.3 is 0 Å². The molecule has 182 valence electrons. The monoisotopic (exact) mass is 491 g/mol. The zero-order valence-corrected chi connectivity index (χ0v) is 20.8. The molecule has 1 amide bonds. The Hall–Kier alpha value is -3.59. The van der Waals surface area contributed by atoms with Crippen LogP contribution in [0.2, 0.25) is 0 Å². The second kappa shape index (κ2) is 10.4. The number of benzene rings is 2. The molecule has 1 fully saturated rings. The Kier molecular flexibility index (Phi) is 6.85. The van der Waals surface area contributed by atoms with Crippen LogP contribution in [-0.4, -0.2) is 47.3 Å². The second-order valence-corrected chi connectivity index (χ2v) is 9.44. The molecule has 0 saturated carbocycles. The summed E-state index contributed by atoms with van der Waals surface area (Å²) in [5, 5.41) is 8.76. The van der Waals surface area contributed by atoms with E-state index < -0.39 is 0 Å². The van der Waals surface area contributed by atoms with Gasteiger partial charge in [0.1, 0.15) is 11.5 Å². The van der Waals surface area contributed by atoms with E-state index in [0.29, 0.717) is 19.7 Å². The third-order valence-electron chi connectivity index (χ3n) is 6.21. The molecule has 2 aromatic heterocycles. The number of carbonyl (C=O) groups is 1. The van der Waals surface area contributed by atoms with Gasteiger partial charge in [-0.15, -0.1) is 5.10 Å². The van der Waals surface area contributed by atoms with Crippen molar-refractivity contribution in [2.45, 2.75) is 26.3 Å².